The number of aliphatic hydroxyl groups is 1. The molecule has 0 bridgehead atoms. The van der Waals surface area contributed by atoms with E-state index in [2.05, 4.69) is 38.3 Å². The summed E-state index contributed by atoms with van der Waals surface area (Å²) in [7, 11) is 2.10. The van der Waals surface area contributed by atoms with Gasteiger partial charge in [0.2, 0.25) is 0 Å². The second-order valence-corrected chi connectivity index (χ2v) is 5.66. The Kier molecular flexibility index (Phi) is 4.95. The summed E-state index contributed by atoms with van der Waals surface area (Å²) in [6.07, 6.45) is 3.88. The van der Waals surface area contributed by atoms with Crippen molar-refractivity contribution in [3.05, 3.63) is 21.0 Å². The molecule has 106 valence electrons. The number of rotatable bonds is 4. The third-order valence-corrected chi connectivity index (χ3v) is 4.05. The lowest BCUT2D eigenvalue weighted by atomic mass is 10.1. The van der Waals surface area contributed by atoms with Crippen LogP contribution in [0.2, 0.25) is 0 Å². The predicted molar refractivity (Wildman–Crippen MR) is 77.4 cm³/mol. The Morgan fingerprint density at radius 2 is 2.42 bits per heavy atom. The molecule has 1 aliphatic rings. The number of hydrogen-bond acceptors (Lipinski definition) is 5. The number of hydrogen-bond donors (Lipinski definition) is 2. The molecule has 1 fully saturated rings. The molecule has 2 heterocycles. The number of piperidine rings is 1. The molecule has 0 spiro atoms. The molecule has 19 heavy (non-hydrogen) atoms. The van der Waals surface area contributed by atoms with E-state index < -0.39 is 0 Å². The molecule has 2 N–H and O–H groups in total. The molecule has 1 atom stereocenters. The van der Waals surface area contributed by atoms with E-state index in [0.29, 0.717) is 10.5 Å². The van der Waals surface area contributed by atoms with E-state index in [1.165, 1.54) is 4.68 Å². The quantitative estimate of drug-likeness (QED) is 0.841. The van der Waals surface area contributed by atoms with Crippen molar-refractivity contribution in [1.29, 1.82) is 0 Å². The molecule has 1 aromatic heterocycles. The van der Waals surface area contributed by atoms with Gasteiger partial charge in [0.1, 0.15) is 4.47 Å². The number of aromatic nitrogens is 2. The fourth-order valence-corrected chi connectivity index (χ4v) is 2.75. The van der Waals surface area contributed by atoms with Crippen LogP contribution in [0.25, 0.3) is 0 Å². The molecule has 0 aromatic carbocycles. The molecule has 2 rings (SSSR count). The second kappa shape index (κ2) is 6.49. The third kappa shape index (κ3) is 3.55. The number of likely N-dealkylation sites (tertiary alicyclic amines) is 1. The van der Waals surface area contributed by atoms with Gasteiger partial charge in [0.15, 0.2) is 0 Å². The molecule has 0 saturated carbocycles. The number of anilines is 1. The second-order valence-electron chi connectivity index (χ2n) is 4.87. The summed E-state index contributed by atoms with van der Waals surface area (Å²) < 4.78 is 1.73. The van der Waals surface area contributed by atoms with Gasteiger partial charge in [-0.05, 0) is 42.4 Å². The molecule has 0 aliphatic carbocycles. The van der Waals surface area contributed by atoms with E-state index in [1.54, 1.807) is 6.20 Å². The van der Waals surface area contributed by atoms with E-state index in [-0.39, 0.29) is 18.7 Å². The van der Waals surface area contributed by atoms with Crippen LogP contribution in [0.3, 0.4) is 0 Å². The molecule has 0 radical (unpaired) electrons. The molecule has 0 amide bonds. The zero-order chi connectivity index (χ0) is 13.8. The summed E-state index contributed by atoms with van der Waals surface area (Å²) >= 11 is 3.31. The average molecular weight is 331 g/mol. The van der Waals surface area contributed by atoms with E-state index in [1.807, 2.05) is 0 Å². The summed E-state index contributed by atoms with van der Waals surface area (Å²) in [6, 6.07) is 0.338. The van der Waals surface area contributed by atoms with Gasteiger partial charge in [-0.3, -0.25) is 4.79 Å². The molecule has 1 aromatic rings. The van der Waals surface area contributed by atoms with Crippen LogP contribution >= 0.6 is 15.9 Å². The highest BCUT2D eigenvalue weighted by Crippen LogP contribution is 2.20. The Bertz CT molecular complexity index is 491. The average Bonchev–Trinajstić information content (AvgIpc) is 2.39. The summed E-state index contributed by atoms with van der Waals surface area (Å²) in [5.41, 5.74) is 0.503. The molecular formula is C12H19BrN4O2. The Balaban J connectivity index is 2.12. The predicted octanol–water partition coefficient (Wildman–Crippen LogP) is 0.504. The van der Waals surface area contributed by atoms with Crippen LogP contribution in [0.5, 0.6) is 0 Å². The van der Waals surface area contributed by atoms with Gasteiger partial charge in [-0.25, -0.2) is 4.68 Å². The molecule has 1 unspecified atom stereocenters. The van der Waals surface area contributed by atoms with Gasteiger partial charge < -0.3 is 15.3 Å². The van der Waals surface area contributed by atoms with Gasteiger partial charge in [0.05, 0.1) is 25.0 Å². The van der Waals surface area contributed by atoms with Crippen LogP contribution in [0.1, 0.15) is 12.8 Å². The maximum Gasteiger partial charge on any atom is 0.283 e. The highest BCUT2D eigenvalue weighted by atomic mass is 79.9. The minimum absolute atomic E-state index is 0.0977. The third-order valence-electron chi connectivity index (χ3n) is 3.28. The number of likely N-dealkylation sites (N-methyl/N-ethyl adjacent to an activating group) is 1. The van der Waals surface area contributed by atoms with Crippen molar-refractivity contribution in [1.82, 2.24) is 14.7 Å². The van der Waals surface area contributed by atoms with Crippen molar-refractivity contribution in [3.63, 3.8) is 0 Å². The van der Waals surface area contributed by atoms with Crippen molar-refractivity contribution in [2.45, 2.75) is 25.4 Å². The monoisotopic (exact) mass is 330 g/mol. The number of aliphatic hydroxyl groups excluding tert-OH is 1. The number of halogens is 1. The topological polar surface area (TPSA) is 70.4 Å². The van der Waals surface area contributed by atoms with Crippen LogP contribution in [0, 0.1) is 0 Å². The first-order valence-corrected chi connectivity index (χ1v) is 7.22. The summed E-state index contributed by atoms with van der Waals surface area (Å²) in [4.78, 5) is 14.3. The summed E-state index contributed by atoms with van der Waals surface area (Å²) in [5.74, 6) is 0. The Hall–Kier alpha value is -0.920. The van der Waals surface area contributed by atoms with E-state index in [4.69, 9.17) is 5.11 Å². The van der Waals surface area contributed by atoms with Crippen molar-refractivity contribution in [3.8, 4) is 0 Å². The molecule has 7 heteroatoms. The first-order chi connectivity index (χ1) is 9.11. The largest absolute Gasteiger partial charge is 0.394 e. The van der Waals surface area contributed by atoms with Gasteiger partial charge in [-0.1, -0.05) is 0 Å². The smallest absolute Gasteiger partial charge is 0.283 e. The zero-order valence-corrected chi connectivity index (χ0v) is 12.6. The first kappa shape index (κ1) is 14.5. The van der Waals surface area contributed by atoms with Crippen molar-refractivity contribution >= 4 is 21.6 Å². The fraction of sp³-hybridized carbons (Fsp3) is 0.667. The normalized spacial score (nSPS) is 20.5. The maximum absolute atomic E-state index is 12.0. The Morgan fingerprint density at radius 1 is 1.63 bits per heavy atom. The van der Waals surface area contributed by atoms with E-state index in [9.17, 15) is 4.79 Å². The van der Waals surface area contributed by atoms with Crippen LogP contribution in [0.15, 0.2) is 15.5 Å². The standard InChI is InChI=1S/C12H19BrN4O2/c1-16-4-2-3-9(8-16)15-10-7-14-17(5-6-18)12(19)11(10)13/h7,9,15,18H,2-6,8H2,1H3. The molecule has 6 nitrogen and oxygen atoms in total. The first-order valence-electron chi connectivity index (χ1n) is 6.43. The van der Waals surface area contributed by atoms with Crippen LogP contribution in [-0.4, -0.2) is 52.6 Å². The summed E-state index contributed by atoms with van der Waals surface area (Å²) in [5, 5.41) is 16.3. The SMILES string of the molecule is CN1CCCC(Nc2cnn(CCO)c(=O)c2Br)C1. The van der Waals surface area contributed by atoms with Crippen molar-refractivity contribution < 1.29 is 5.11 Å². The van der Waals surface area contributed by atoms with E-state index >= 15 is 0 Å². The van der Waals surface area contributed by atoms with Gasteiger partial charge >= 0.3 is 0 Å². The maximum atomic E-state index is 12.0. The lowest BCUT2D eigenvalue weighted by Crippen LogP contribution is -2.40. The molecule has 1 aliphatic heterocycles. The Morgan fingerprint density at radius 3 is 3.11 bits per heavy atom. The lowest BCUT2D eigenvalue weighted by molar-refractivity contribution is 0.260. The highest BCUT2D eigenvalue weighted by Gasteiger charge is 2.18. The number of nitrogens with one attached hydrogen (secondary N) is 1. The molecule has 1 saturated heterocycles. The van der Waals surface area contributed by atoms with Crippen LogP contribution in [0.4, 0.5) is 5.69 Å². The highest BCUT2D eigenvalue weighted by molar-refractivity contribution is 9.10. The van der Waals surface area contributed by atoms with Gasteiger partial charge in [-0.15, -0.1) is 0 Å². The number of nitrogens with zero attached hydrogens (tertiary/aromatic N) is 3. The van der Waals surface area contributed by atoms with E-state index in [0.717, 1.165) is 31.6 Å². The summed E-state index contributed by atoms with van der Waals surface area (Å²) in [6.45, 7) is 2.20. The molecular weight excluding hydrogens is 312 g/mol. The fourth-order valence-electron chi connectivity index (χ4n) is 2.32. The van der Waals surface area contributed by atoms with Gasteiger partial charge in [-0.2, -0.15) is 5.10 Å². The van der Waals surface area contributed by atoms with Crippen LogP contribution < -0.4 is 10.9 Å². The minimum Gasteiger partial charge on any atom is -0.394 e. The van der Waals surface area contributed by atoms with Crippen LogP contribution in [-0.2, 0) is 6.54 Å². The Labute approximate surface area is 120 Å². The van der Waals surface area contributed by atoms with Gasteiger partial charge in [0, 0.05) is 12.6 Å². The zero-order valence-electron chi connectivity index (χ0n) is 11.0. The van der Waals surface area contributed by atoms with Crippen molar-refractivity contribution in [2.75, 3.05) is 32.1 Å². The van der Waals surface area contributed by atoms with Crippen molar-refractivity contribution in [2.24, 2.45) is 0 Å². The van der Waals surface area contributed by atoms with Gasteiger partial charge in [0.25, 0.3) is 5.56 Å². The minimum atomic E-state index is -0.219. The lowest BCUT2D eigenvalue weighted by Gasteiger charge is -2.31.